The van der Waals surface area contributed by atoms with E-state index in [0.717, 1.165) is 17.0 Å². The van der Waals surface area contributed by atoms with Crippen molar-refractivity contribution in [3.05, 3.63) is 35.1 Å². The van der Waals surface area contributed by atoms with Crippen LogP contribution in [0.15, 0.2) is 18.2 Å². The fraction of sp³-hybridized carbons (Fsp3) is 0.333. The van der Waals surface area contributed by atoms with Gasteiger partial charge in [0.05, 0.1) is 5.56 Å². The highest BCUT2D eigenvalue weighted by Gasteiger charge is 2.28. The van der Waals surface area contributed by atoms with Crippen LogP contribution in [0.4, 0.5) is 4.39 Å². The van der Waals surface area contributed by atoms with E-state index >= 15 is 0 Å². The first-order chi connectivity index (χ1) is 10.5. The summed E-state index contributed by atoms with van der Waals surface area (Å²) in [4.78, 5) is 46.8. The zero-order chi connectivity index (χ0) is 16.7. The first kappa shape index (κ1) is 17.5. The van der Waals surface area contributed by atoms with Crippen LogP contribution in [0, 0.1) is 5.82 Å². The second-order valence-electron chi connectivity index (χ2n) is 4.70. The predicted molar refractivity (Wildman–Crippen MR) is 76.8 cm³/mol. The molecular weight excluding hydrogens is 291 g/mol. The molecule has 1 aromatic rings. The quantitative estimate of drug-likeness (QED) is 0.766. The summed E-state index contributed by atoms with van der Waals surface area (Å²) in [7, 11) is 1.37. The van der Waals surface area contributed by atoms with Crippen LogP contribution in [0.2, 0.25) is 0 Å². The largest absolute Gasteiger partial charge is 0.330 e. The van der Waals surface area contributed by atoms with E-state index in [0.29, 0.717) is 19.1 Å². The molecule has 0 radical (unpaired) electrons. The van der Waals surface area contributed by atoms with Gasteiger partial charge in [-0.15, -0.1) is 0 Å². The molecule has 0 saturated carbocycles. The van der Waals surface area contributed by atoms with Gasteiger partial charge in [-0.2, -0.15) is 0 Å². The molecule has 6 nitrogen and oxygen atoms in total. The van der Waals surface area contributed by atoms with Crippen LogP contribution in [0.1, 0.15) is 40.5 Å². The number of hydrogen-bond donors (Lipinski definition) is 1. The minimum atomic E-state index is -0.884. The smallest absolute Gasteiger partial charge is 0.255 e. The van der Waals surface area contributed by atoms with Crippen LogP contribution in [-0.2, 0) is 9.59 Å². The molecule has 3 amide bonds. The number of aldehydes is 1. The van der Waals surface area contributed by atoms with Crippen molar-refractivity contribution in [3.8, 4) is 0 Å². The standard InChI is InChI=1S/C15H17FN2O4/c1-3-4-13(14(21)17-9-20)18(2)15(22)12-7-11(16)6-5-10(12)8-19/h5-9,13H,3-4H2,1-2H3,(H,17,20,21). The molecule has 0 aliphatic carbocycles. The molecule has 0 aliphatic heterocycles. The predicted octanol–water partition coefficient (Wildman–Crippen LogP) is 1.15. The number of carbonyl (C=O) groups excluding carboxylic acids is 4. The Morgan fingerprint density at radius 1 is 1.36 bits per heavy atom. The molecule has 0 aliphatic rings. The van der Waals surface area contributed by atoms with E-state index in [2.05, 4.69) is 0 Å². The van der Waals surface area contributed by atoms with Gasteiger partial charge in [0.15, 0.2) is 6.29 Å². The van der Waals surface area contributed by atoms with Crippen LogP contribution >= 0.6 is 0 Å². The monoisotopic (exact) mass is 308 g/mol. The SMILES string of the molecule is CCCC(C(=O)NC=O)N(C)C(=O)c1cc(F)ccc1C=O. The highest BCUT2D eigenvalue weighted by atomic mass is 19.1. The summed E-state index contributed by atoms with van der Waals surface area (Å²) in [6.07, 6.45) is 1.61. The summed E-state index contributed by atoms with van der Waals surface area (Å²) >= 11 is 0. The molecule has 0 aromatic heterocycles. The molecule has 1 atom stereocenters. The van der Waals surface area contributed by atoms with Crippen LogP contribution in [0.5, 0.6) is 0 Å². The fourth-order valence-electron chi connectivity index (χ4n) is 2.08. The average molecular weight is 308 g/mol. The molecule has 1 unspecified atom stereocenters. The highest BCUT2D eigenvalue weighted by Crippen LogP contribution is 2.15. The maximum absolute atomic E-state index is 13.3. The summed E-state index contributed by atoms with van der Waals surface area (Å²) in [5.41, 5.74) is -0.0956. The summed E-state index contributed by atoms with van der Waals surface area (Å²) < 4.78 is 13.3. The Kier molecular flexibility index (Phi) is 6.37. The van der Waals surface area contributed by atoms with E-state index < -0.39 is 23.7 Å². The van der Waals surface area contributed by atoms with E-state index in [4.69, 9.17) is 0 Å². The first-order valence-electron chi connectivity index (χ1n) is 6.72. The number of carbonyl (C=O) groups is 4. The van der Waals surface area contributed by atoms with Gasteiger partial charge in [0.2, 0.25) is 12.3 Å². The molecule has 1 aromatic carbocycles. The normalized spacial score (nSPS) is 11.4. The number of benzene rings is 1. The first-order valence-corrected chi connectivity index (χ1v) is 6.72. The molecule has 7 heteroatoms. The summed E-state index contributed by atoms with van der Waals surface area (Å²) in [5.74, 6) is -1.95. The molecular formula is C15H17FN2O4. The number of rotatable bonds is 7. The van der Waals surface area contributed by atoms with Gasteiger partial charge in [-0.1, -0.05) is 13.3 Å². The Balaban J connectivity index is 3.13. The van der Waals surface area contributed by atoms with Gasteiger partial charge in [0, 0.05) is 12.6 Å². The molecule has 0 bridgehead atoms. The molecule has 0 saturated heterocycles. The third-order valence-electron chi connectivity index (χ3n) is 3.23. The Labute approximate surface area is 127 Å². The van der Waals surface area contributed by atoms with Crippen LogP contribution in [0.25, 0.3) is 0 Å². The van der Waals surface area contributed by atoms with E-state index in [9.17, 15) is 23.6 Å². The molecule has 0 heterocycles. The lowest BCUT2D eigenvalue weighted by Gasteiger charge is -2.26. The van der Waals surface area contributed by atoms with E-state index in [1.165, 1.54) is 13.1 Å². The zero-order valence-corrected chi connectivity index (χ0v) is 12.3. The zero-order valence-electron chi connectivity index (χ0n) is 12.3. The molecule has 1 rings (SSSR count). The van der Waals surface area contributed by atoms with Crippen LogP contribution < -0.4 is 5.32 Å². The summed E-state index contributed by atoms with van der Waals surface area (Å²) in [5, 5.41) is 2.00. The number of hydrogen-bond acceptors (Lipinski definition) is 4. The third-order valence-corrected chi connectivity index (χ3v) is 3.23. The minimum Gasteiger partial charge on any atom is -0.330 e. The van der Waals surface area contributed by atoms with Gasteiger partial charge in [0.25, 0.3) is 5.91 Å². The molecule has 1 N–H and O–H groups in total. The van der Waals surface area contributed by atoms with Crippen molar-refractivity contribution in [2.24, 2.45) is 0 Å². The molecule has 118 valence electrons. The lowest BCUT2D eigenvalue weighted by molar-refractivity contribution is -0.128. The van der Waals surface area contributed by atoms with Gasteiger partial charge in [-0.25, -0.2) is 4.39 Å². The molecule has 0 spiro atoms. The van der Waals surface area contributed by atoms with Gasteiger partial charge in [0.1, 0.15) is 11.9 Å². The van der Waals surface area contributed by atoms with E-state index in [1.807, 2.05) is 12.2 Å². The number of likely N-dealkylation sites (N-methyl/N-ethyl adjacent to an activating group) is 1. The van der Waals surface area contributed by atoms with Crippen molar-refractivity contribution in [1.29, 1.82) is 0 Å². The number of imide groups is 1. The van der Waals surface area contributed by atoms with Gasteiger partial charge >= 0.3 is 0 Å². The van der Waals surface area contributed by atoms with E-state index in [1.54, 1.807) is 0 Å². The van der Waals surface area contributed by atoms with Gasteiger partial charge in [-0.3, -0.25) is 24.5 Å². The van der Waals surface area contributed by atoms with Crippen LogP contribution in [0.3, 0.4) is 0 Å². The van der Waals surface area contributed by atoms with Crippen LogP contribution in [-0.4, -0.2) is 42.5 Å². The Morgan fingerprint density at radius 3 is 2.59 bits per heavy atom. The lowest BCUT2D eigenvalue weighted by atomic mass is 10.0. The van der Waals surface area contributed by atoms with Crippen molar-refractivity contribution < 1.29 is 23.6 Å². The minimum absolute atomic E-state index is 0.0318. The maximum Gasteiger partial charge on any atom is 0.255 e. The van der Waals surface area contributed by atoms with Crippen molar-refractivity contribution in [1.82, 2.24) is 10.2 Å². The Bertz CT molecular complexity index is 589. The summed E-state index contributed by atoms with van der Waals surface area (Å²) in [6, 6.07) is 2.33. The number of amides is 3. The fourth-order valence-corrected chi connectivity index (χ4v) is 2.08. The third kappa shape index (κ3) is 3.97. The van der Waals surface area contributed by atoms with Crippen molar-refractivity contribution in [2.75, 3.05) is 7.05 Å². The van der Waals surface area contributed by atoms with Crippen molar-refractivity contribution >= 4 is 24.5 Å². The van der Waals surface area contributed by atoms with E-state index in [-0.39, 0.29) is 17.5 Å². The highest BCUT2D eigenvalue weighted by molar-refractivity contribution is 6.03. The Morgan fingerprint density at radius 2 is 2.05 bits per heavy atom. The number of nitrogens with zero attached hydrogens (tertiary/aromatic N) is 1. The summed E-state index contributed by atoms with van der Waals surface area (Å²) in [6.45, 7) is 1.82. The Hall–Kier alpha value is -2.57. The molecule has 22 heavy (non-hydrogen) atoms. The topological polar surface area (TPSA) is 83.6 Å². The lowest BCUT2D eigenvalue weighted by Crippen LogP contribution is -2.47. The molecule has 0 fully saturated rings. The van der Waals surface area contributed by atoms with Gasteiger partial charge < -0.3 is 4.90 Å². The maximum atomic E-state index is 13.3. The second-order valence-corrected chi connectivity index (χ2v) is 4.70. The number of halogens is 1. The average Bonchev–Trinajstić information content (AvgIpc) is 2.51. The number of nitrogens with one attached hydrogen (secondary N) is 1. The second kappa shape index (κ2) is 8.02. The van der Waals surface area contributed by atoms with Crippen molar-refractivity contribution in [3.63, 3.8) is 0 Å². The van der Waals surface area contributed by atoms with Gasteiger partial charge in [-0.05, 0) is 24.6 Å². The van der Waals surface area contributed by atoms with Crippen molar-refractivity contribution in [2.45, 2.75) is 25.8 Å².